The number of nitrogens with zero attached hydrogens (tertiary/aromatic N) is 2. The molecular formula is C11H18ClN3O. The fraction of sp³-hybridized carbons (Fsp3) is 0.636. The molecule has 1 rings (SSSR count). The van der Waals surface area contributed by atoms with Gasteiger partial charge in [-0.05, 0) is 37.3 Å². The topological polar surface area (TPSA) is 61.0 Å². The lowest BCUT2D eigenvalue weighted by molar-refractivity contribution is 0.288. The predicted molar refractivity (Wildman–Crippen MR) is 65.8 cm³/mol. The van der Waals surface area contributed by atoms with Gasteiger partial charge in [0, 0.05) is 0 Å². The third-order valence-electron chi connectivity index (χ3n) is 2.24. The Kier molecular flexibility index (Phi) is 4.80. The van der Waals surface area contributed by atoms with E-state index >= 15 is 0 Å². The van der Waals surface area contributed by atoms with E-state index in [0.717, 1.165) is 12.8 Å². The van der Waals surface area contributed by atoms with Crippen molar-refractivity contribution in [2.45, 2.75) is 33.6 Å². The summed E-state index contributed by atoms with van der Waals surface area (Å²) in [5, 5.41) is 0.172. The fourth-order valence-electron chi connectivity index (χ4n) is 1.29. The molecule has 0 bridgehead atoms. The van der Waals surface area contributed by atoms with Gasteiger partial charge in [-0.25, -0.2) is 4.98 Å². The van der Waals surface area contributed by atoms with Crippen molar-refractivity contribution in [1.82, 2.24) is 9.97 Å². The molecule has 1 heterocycles. The van der Waals surface area contributed by atoms with Gasteiger partial charge in [-0.1, -0.05) is 13.8 Å². The van der Waals surface area contributed by atoms with E-state index in [9.17, 15) is 0 Å². The van der Waals surface area contributed by atoms with E-state index in [1.807, 2.05) is 0 Å². The first-order valence-electron chi connectivity index (χ1n) is 5.43. The second-order valence-corrected chi connectivity index (χ2v) is 4.52. The van der Waals surface area contributed by atoms with Gasteiger partial charge in [0.25, 0.3) is 0 Å². The minimum absolute atomic E-state index is 0.172. The monoisotopic (exact) mass is 243 g/mol. The summed E-state index contributed by atoms with van der Waals surface area (Å²) in [7, 11) is 0. The summed E-state index contributed by atoms with van der Waals surface area (Å²) in [6.45, 7) is 6.75. The van der Waals surface area contributed by atoms with Crippen LogP contribution in [-0.4, -0.2) is 16.6 Å². The second-order valence-electron chi connectivity index (χ2n) is 4.18. The summed E-state index contributed by atoms with van der Waals surface area (Å²) in [5.74, 6) is 1.07. The summed E-state index contributed by atoms with van der Waals surface area (Å²) in [6, 6.07) is 0. The molecule has 16 heavy (non-hydrogen) atoms. The van der Waals surface area contributed by atoms with Crippen molar-refractivity contribution in [2.75, 3.05) is 12.3 Å². The Bertz CT molecular complexity index is 355. The molecule has 0 fully saturated rings. The van der Waals surface area contributed by atoms with Crippen molar-refractivity contribution in [3.05, 3.63) is 11.0 Å². The summed E-state index contributed by atoms with van der Waals surface area (Å²) in [5.41, 5.74) is 6.90. The highest BCUT2D eigenvalue weighted by Gasteiger charge is 2.08. The Labute approximate surface area is 101 Å². The van der Waals surface area contributed by atoms with Gasteiger partial charge >= 0.3 is 0 Å². The predicted octanol–water partition coefficient (Wildman–Crippen LogP) is 2.84. The highest BCUT2D eigenvalue weighted by atomic mass is 35.5. The SMILES string of the molecule is Cc1nc(Cl)nc(OCCCC(C)C)c1N. The van der Waals surface area contributed by atoms with E-state index in [2.05, 4.69) is 23.8 Å². The summed E-state index contributed by atoms with van der Waals surface area (Å²) in [6.07, 6.45) is 2.11. The van der Waals surface area contributed by atoms with E-state index in [1.165, 1.54) is 0 Å². The molecule has 0 amide bonds. The summed E-state index contributed by atoms with van der Waals surface area (Å²) in [4.78, 5) is 7.90. The minimum Gasteiger partial charge on any atom is -0.476 e. The van der Waals surface area contributed by atoms with Crippen LogP contribution in [-0.2, 0) is 0 Å². The Balaban J connectivity index is 2.53. The maximum atomic E-state index is 5.78. The number of halogens is 1. The molecule has 0 saturated carbocycles. The summed E-state index contributed by atoms with van der Waals surface area (Å²) >= 11 is 5.73. The lowest BCUT2D eigenvalue weighted by Gasteiger charge is -2.10. The maximum absolute atomic E-state index is 5.78. The third-order valence-corrected chi connectivity index (χ3v) is 2.41. The largest absolute Gasteiger partial charge is 0.476 e. The first-order chi connectivity index (χ1) is 7.50. The van der Waals surface area contributed by atoms with Gasteiger partial charge in [0.05, 0.1) is 12.3 Å². The zero-order valence-electron chi connectivity index (χ0n) is 9.96. The van der Waals surface area contributed by atoms with E-state index in [0.29, 0.717) is 29.8 Å². The minimum atomic E-state index is 0.172. The first-order valence-corrected chi connectivity index (χ1v) is 5.81. The quantitative estimate of drug-likeness (QED) is 0.638. The van der Waals surface area contributed by atoms with Crippen LogP contribution in [0, 0.1) is 12.8 Å². The molecule has 0 radical (unpaired) electrons. The van der Waals surface area contributed by atoms with Gasteiger partial charge in [0.1, 0.15) is 5.69 Å². The van der Waals surface area contributed by atoms with Crippen molar-refractivity contribution >= 4 is 17.3 Å². The normalized spacial score (nSPS) is 10.8. The van der Waals surface area contributed by atoms with Crippen LogP contribution in [0.15, 0.2) is 0 Å². The molecule has 0 aliphatic heterocycles. The molecule has 0 aliphatic rings. The van der Waals surface area contributed by atoms with Gasteiger partial charge in [-0.2, -0.15) is 4.98 Å². The molecule has 1 aromatic heterocycles. The Morgan fingerprint density at radius 2 is 2.06 bits per heavy atom. The molecule has 5 heteroatoms. The lowest BCUT2D eigenvalue weighted by atomic mass is 10.1. The van der Waals surface area contributed by atoms with Crippen LogP contribution in [0.2, 0.25) is 5.28 Å². The first kappa shape index (κ1) is 13.0. The molecule has 90 valence electrons. The van der Waals surface area contributed by atoms with Crippen LogP contribution in [0.3, 0.4) is 0 Å². The van der Waals surface area contributed by atoms with Crippen LogP contribution in [0.5, 0.6) is 5.88 Å². The molecule has 0 saturated heterocycles. The standard InChI is InChI=1S/C11H18ClN3O/c1-7(2)5-4-6-16-10-9(13)8(3)14-11(12)15-10/h7H,4-6,13H2,1-3H3. The lowest BCUT2D eigenvalue weighted by Crippen LogP contribution is -2.06. The van der Waals surface area contributed by atoms with Crippen LogP contribution in [0.1, 0.15) is 32.4 Å². The van der Waals surface area contributed by atoms with Gasteiger partial charge in [-0.3, -0.25) is 0 Å². The molecule has 1 aromatic rings. The van der Waals surface area contributed by atoms with Crippen LogP contribution in [0.25, 0.3) is 0 Å². The number of hydrogen-bond donors (Lipinski definition) is 1. The van der Waals surface area contributed by atoms with Crippen LogP contribution < -0.4 is 10.5 Å². The Morgan fingerprint density at radius 1 is 1.38 bits per heavy atom. The fourth-order valence-corrected chi connectivity index (χ4v) is 1.50. The Hall–Kier alpha value is -1.03. The van der Waals surface area contributed by atoms with Crippen molar-refractivity contribution in [3.63, 3.8) is 0 Å². The Morgan fingerprint density at radius 3 is 2.69 bits per heavy atom. The molecular weight excluding hydrogens is 226 g/mol. The zero-order valence-corrected chi connectivity index (χ0v) is 10.7. The van der Waals surface area contributed by atoms with Crippen molar-refractivity contribution in [1.29, 1.82) is 0 Å². The number of nitrogen functional groups attached to an aromatic ring is 1. The van der Waals surface area contributed by atoms with Crippen molar-refractivity contribution < 1.29 is 4.74 Å². The van der Waals surface area contributed by atoms with Gasteiger partial charge in [0.2, 0.25) is 11.2 Å². The second kappa shape index (κ2) is 5.89. The average molecular weight is 244 g/mol. The van der Waals surface area contributed by atoms with E-state index in [4.69, 9.17) is 22.1 Å². The number of aryl methyl sites for hydroxylation is 1. The highest BCUT2D eigenvalue weighted by Crippen LogP contribution is 2.23. The van der Waals surface area contributed by atoms with E-state index < -0.39 is 0 Å². The van der Waals surface area contributed by atoms with Crippen LogP contribution >= 0.6 is 11.6 Å². The number of anilines is 1. The smallest absolute Gasteiger partial charge is 0.241 e. The molecule has 0 aliphatic carbocycles. The molecule has 0 unspecified atom stereocenters. The highest BCUT2D eigenvalue weighted by molar-refractivity contribution is 6.28. The summed E-state index contributed by atoms with van der Waals surface area (Å²) < 4.78 is 5.49. The van der Waals surface area contributed by atoms with Crippen molar-refractivity contribution in [2.24, 2.45) is 5.92 Å². The number of ether oxygens (including phenoxy) is 1. The number of rotatable bonds is 5. The molecule has 0 spiro atoms. The number of aromatic nitrogens is 2. The average Bonchev–Trinajstić information content (AvgIpc) is 2.19. The zero-order chi connectivity index (χ0) is 12.1. The van der Waals surface area contributed by atoms with Gasteiger partial charge < -0.3 is 10.5 Å². The molecule has 2 N–H and O–H groups in total. The van der Waals surface area contributed by atoms with Crippen LogP contribution in [0.4, 0.5) is 5.69 Å². The van der Waals surface area contributed by atoms with E-state index in [1.54, 1.807) is 6.92 Å². The number of nitrogens with two attached hydrogens (primary N) is 1. The molecule has 0 atom stereocenters. The van der Waals surface area contributed by atoms with Gasteiger partial charge in [0.15, 0.2) is 0 Å². The van der Waals surface area contributed by atoms with Crippen molar-refractivity contribution in [3.8, 4) is 5.88 Å². The third kappa shape index (κ3) is 3.85. The number of hydrogen-bond acceptors (Lipinski definition) is 4. The maximum Gasteiger partial charge on any atom is 0.241 e. The van der Waals surface area contributed by atoms with Gasteiger partial charge in [-0.15, -0.1) is 0 Å². The molecule has 4 nitrogen and oxygen atoms in total. The van der Waals surface area contributed by atoms with E-state index in [-0.39, 0.29) is 5.28 Å². The molecule has 0 aromatic carbocycles.